The standard InChI is InChI=1S/C14H19NO2/c1-11-8-15(16)14(12(11)2)10-17-9-13-6-4-3-5-7-13/h3-8,11-12,14H,9-10H2,1-2H3/t11-,12+,14-/m0/s1. The van der Waals surface area contributed by atoms with E-state index in [4.69, 9.17) is 4.74 Å². The molecule has 0 amide bonds. The molecule has 0 aliphatic carbocycles. The largest absolute Gasteiger partial charge is 0.624 e. The zero-order valence-corrected chi connectivity index (χ0v) is 10.4. The second kappa shape index (κ2) is 5.32. The lowest BCUT2D eigenvalue weighted by molar-refractivity contribution is -0.500. The maximum absolute atomic E-state index is 11.6. The molecule has 0 fully saturated rings. The Hall–Kier alpha value is -1.35. The molecule has 0 bridgehead atoms. The van der Waals surface area contributed by atoms with Crippen molar-refractivity contribution in [1.82, 2.24) is 0 Å². The minimum Gasteiger partial charge on any atom is -0.624 e. The number of benzene rings is 1. The summed E-state index contributed by atoms with van der Waals surface area (Å²) in [5, 5.41) is 11.6. The van der Waals surface area contributed by atoms with E-state index in [-0.39, 0.29) is 6.04 Å². The fourth-order valence-electron chi connectivity index (χ4n) is 2.16. The summed E-state index contributed by atoms with van der Waals surface area (Å²) < 4.78 is 6.69. The minimum atomic E-state index is -0.0336. The molecule has 0 saturated carbocycles. The highest BCUT2D eigenvalue weighted by atomic mass is 16.5. The molecule has 0 spiro atoms. The molecular formula is C14H19NO2. The number of ether oxygens (including phenoxy) is 1. The van der Waals surface area contributed by atoms with Gasteiger partial charge in [0.1, 0.15) is 6.61 Å². The summed E-state index contributed by atoms with van der Waals surface area (Å²) in [6.45, 7) is 5.26. The Kier molecular flexibility index (Phi) is 3.79. The summed E-state index contributed by atoms with van der Waals surface area (Å²) >= 11 is 0. The van der Waals surface area contributed by atoms with Gasteiger partial charge < -0.3 is 9.94 Å². The summed E-state index contributed by atoms with van der Waals surface area (Å²) in [4.78, 5) is 0. The quantitative estimate of drug-likeness (QED) is 0.591. The predicted molar refractivity (Wildman–Crippen MR) is 67.9 cm³/mol. The van der Waals surface area contributed by atoms with Crippen LogP contribution in [0.1, 0.15) is 19.4 Å². The van der Waals surface area contributed by atoms with Gasteiger partial charge in [-0.1, -0.05) is 44.2 Å². The van der Waals surface area contributed by atoms with Crippen LogP contribution in [-0.2, 0) is 11.3 Å². The summed E-state index contributed by atoms with van der Waals surface area (Å²) in [7, 11) is 0. The molecule has 1 aromatic rings. The lowest BCUT2D eigenvalue weighted by atomic mass is 9.94. The summed E-state index contributed by atoms with van der Waals surface area (Å²) in [5.74, 6) is 0.709. The maximum Gasteiger partial charge on any atom is 0.189 e. The van der Waals surface area contributed by atoms with Gasteiger partial charge in [0.2, 0.25) is 0 Å². The van der Waals surface area contributed by atoms with E-state index in [1.165, 1.54) is 0 Å². The van der Waals surface area contributed by atoms with Gasteiger partial charge in [-0.2, -0.15) is 0 Å². The van der Waals surface area contributed by atoms with E-state index in [0.29, 0.717) is 25.0 Å². The second-order valence-corrected chi connectivity index (χ2v) is 4.80. The van der Waals surface area contributed by atoms with Crippen molar-refractivity contribution < 1.29 is 9.48 Å². The maximum atomic E-state index is 11.6. The van der Waals surface area contributed by atoms with E-state index >= 15 is 0 Å². The third kappa shape index (κ3) is 2.86. The van der Waals surface area contributed by atoms with Crippen molar-refractivity contribution in [2.24, 2.45) is 11.8 Å². The molecule has 0 radical (unpaired) electrons. The van der Waals surface area contributed by atoms with Crippen molar-refractivity contribution in [1.29, 1.82) is 0 Å². The molecule has 1 aliphatic rings. The average molecular weight is 233 g/mol. The molecule has 1 aromatic carbocycles. The van der Waals surface area contributed by atoms with Crippen molar-refractivity contribution in [2.45, 2.75) is 26.5 Å². The Morgan fingerprint density at radius 3 is 2.53 bits per heavy atom. The number of rotatable bonds is 4. The molecular weight excluding hydrogens is 214 g/mol. The molecule has 17 heavy (non-hydrogen) atoms. The molecule has 0 N–H and O–H groups in total. The van der Waals surface area contributed by atoms with Crippen LogP contribution in [0.5, 0.6) is 0 Å². The number of nitrogens with zero attached hydrogens (tertiary/aromatic N) is 1. The zero-order valence-electron chi connectivity index (χ0n) is 10.4. The normalized spacial score (nSPS) is 28.1. The van der Waals surface area contributed by atoms with Crippen LogP contribution >= 0.6 is 0 Å². The monoisotopic (exact) mass is 233 g/mol. The third-order valence-electron chi connectivity index (χ3n) is 3.55. The highest BCUT2D eigenvalue weighted by Crippen LogP contribution is 2.22. The smallest absolute Gasteiger partial charge is 0.189 e. The Morgan fingerprint density at radius 2 is 1.94 bits per heavy atom. The molecule has 1 heterocycles. The van der Waals surface area contributed by atoms with E-state index in [0.717, 1.165) is 10.3 Å². The zero-order chi connectivity index (χ0) is 12.3. The first-order valence-electron chi connectivity index (χ1n) is 6.10. The summed E-state index contributed by atoms with van der Waals surface area (Å²) in [6, 6.07) is 10.00. The van der Waals surface area contributed by atoms with Crippen LogP contribution < -0.4 is 0 Å². The van der Waals surface area contributed by atoms with E-state index in [9.17, 15) is 5.21 Å². The Bertz CT molecular complexity index is 388. The first-order chi connectivity index (χ1) is 8.18. The van der Waals surface area contributed by atoms with Crippen molar-refractivity contribution in [3.8, 4) is 0 Å². The van der Waals surface area contributed by atoms with Gasteiger partial charge in [0, 0.05) is 11.8 Å². The molecule has 1 aliphatic heterocycles. The van der Waals surface area contributed by atoms with Crippen LogP contribution in [0.15, 0.2) is 30.3 Å². The topological polar surface area (TPSA) is 35.3 Å². The highest BCUT2D eigenvalue weighted by Gasteiger charge is 2.35. The molecule has 0 aromatic heterocycles. The fraction of sp³-hybridized carbons (Fsp3) is 0.500. The SMILES string of the molecule is C[C@@H]1[C@@H](C)C=[N+]([O-])[C@H]1COCc1ccccc1. The Labute approximate surface area is 102 Å². The van der Waals surface area contributed by atoms with Crippen molar-refractivity contribution >= 4 is 6.21 Å². The van der Waals surface area contributed by atoms with Crippen LogP contribution in [-0.4, -0.2) is 23.6 Å². The first-order valence-corrected chi connectivity index (χ1v) is 6.10. The van der Waals surface area contributed by atoms with Crippen LogP contribution in [0.3, 0.4) is 0 Å². The van der Waals surface area contributed by atoms with Crippen LogP contribution in [0.4, 0.5) is 0 Å². The van der Waals surface area contributed by atoms with Crippen molar-refractivity contribution in [2.75, 3.05) is 6.61 Å². The summed E-state index contributed by atoms with van der Waals surface area (Å²) in [5.41, 5.74) is 1.15. The fourth-order valence-corrected chi connectivity index (χ4v) is 2.16. The molecule has 2 rings (SSSR count). The van der Waals surface area contributed by atoms with Crippen LogP contribution in [0.2, 0.25) is 0 Å². The average Bonchev–Trinajstić information content (AvgIpc) is 2.57. The van der Waals surface area contributed by atoms with Gasteiger partial charge in [0.15, 0.2) is 12.3 Å². The van der Waals surface area contributed by atoms with Gasteiger partial charge in [-0.3, -0.25) is 0 Å². The van der Waals surface area contributed by atoms with Crippen LogP contribution in [0, 0.1) is 17.0 Å². The lowest BCUT2D eigenvalue weighted by Gasteiger charge is -2.17. The van der Waals surface area contributed by atoms with Gasteiger partial charge in [-0.15, -0.1) is 0 Å². The van der Waals surface area contributed by atoms with Gasteiger partial charge in [-0.05, 0) is 5.56 Å². The van der Waals surface area contributed by atoms with Crippen LogP contribution in [0.25, 0.3) is 0 Å². The third-order valence-corrected chi connectivity index (χ3v) is 3.55. The summed E-state index contributed by atoms with van der Waals surface area (Å²) in [6.07, 6.45) is 1.75. The van der Waals surface area contributed by atoms with E-state index in [1.807, 2.05) is 30.3 Å². The lowest BCUT2D eigenvalue weighted by Crippen LogP contribution is -2.29. The predicted octanol–water partition coefficient (Wildman–Crippen LogP) is 2.44. The number of hydrogen-bond donors (Lipinski definition) is 0. The molecule has 3 heteroatoms. The molecule has 3 atom stereocenters. The second-order valence-electron chi connectivity index (χ2n) is 4.80. The van der Waals surface area contributed by atoms with Gasteiger partial charge >= 0.3 is 0 Å². The van der Waals surface area contributed by atoms with Crippen molar-refractivity contribution in [3.05, 3.63) is 41.1 Å². The van der Waals surface area contributed by atoms with Gasteiger partial charge in [0.25, 0.3) is 0 Å². The molecule has 92 valence electrons. The highest BCUT2D eigenvalue weighted by molar-refractivity contribution is 5.57. The number of hydrogen-bond acceptors (Lipinski definition) is 2. The molecule has 0 unspecified atom stereocenters. The van der Waals surface area contributed by atoms with Gasteiger partial charge in [-0.25, -0.2) is 4.74 Å². The van der Waals surface area contributed by atoms with Crippen molar-refractivity contribution in [3.63, 3.8) is 0 Å². The van der Waals surface area contributed by atoms with E-state index in [2.05, 4.69) is 13.8 Å². The first kappa shape index (κ1) is 12.1. The Balaban J connectivity index is 1.82. The Morgan fingerprint density at radius 1 is 1.24 bits per heavy atom. The molecule has 0 saturated heterocycles. The number of hydroxylamine groups is 1. The van der Waals surface area contributed by atoms with E-state index < -0.39 is 0 Å². The minimum absolute atomic E-state index is 0.0336. The van der Waals surface area contributed by atoms with Gasteiger partial charge in [0.05, 0.1) is 6.61 Å². The van der Waals surface area contributed by atoms with E-state index in [1.54, 1.807) is 6.21 Å². The molecule has 3 nitrogen and oxygen atoms in total.